The normalized spacial score (nSPS) is 13.2. The molecule has 0 aliphatic heterocycles. The smallest absolute Gasteiger partial charge is 0.230 e. The first-order valence-corrected chi connectivity index (χ1v) is 7.91. The van der Waals surface area contributed by atoms with E-state index in [0.29, 0.717) is 17.5 Å². The zero-order valence-corrected chi connectivity index (χ0v) is 14.5. The van der Waals surface area contributed by atoms with Crippen molar-refractivity contribution in [2.75, 3.05) is 19.8 Å². The number of benzene rings is 1. The average Bonchev–Trinajstić information content (AvgIpc) is 2.44. The second-order valence-electron chi connectivity index (χ2n) is 6.43. The van der Waals surface area contributed by atoms with Crippen LogP contribution in [0.4, 0.5) is 0 Å². The second kappa shape index (κ2) is 8.51. The minimum Gasteiger partial charge on any atom is -0.389 e. The zero-order chi connectivity index (χ0) is 16.8. The molecular weight excluding hydrogens is 302 g/mol. The van der Waals surface area contributed by atoms with Gasteiger partial charge in [0.2, 0.25) is 5.91 Å². The molecule has 0 radical (unpaired) electrons. The molecule has 1 unspecified atom stereocenters. The molecule has 0 spiro atoms. The van der Waals surface area contributed by atoms with E-state index in [1.165, 1.54) is 0 Å². The molecule has 1 atom stereocenters. The molecule has 1 amide bonds. The van der Waals surface area contributed by atoms with Crippen LogP contribution in [0.25, 0.3) is 0 Å². The number of aliphatic hydroxyl groups is 1. The van der Waals surface area contributed by atoms with Crippen LogP contribution >= 0.6 is 11.6 Å². The molecular formula is C17H26ClNO3. The van der Waals surface area contributed by atoms with Gasteiger partial charge in [-0.3, -0.25) is 4.79 Å². The maximum atomic E-state index is 12.4. The molecule has 22 heavy (non-hydrogen) atoms. The minimum absolute atomic E-state index is 0.155. The highest BCUT2D eigenvalue weighted by molar-refractivity contribution is 6.30. The van der Waals surface area contributed by atoms with Crippen LogP contribution in [0.5, 0.6) is 0 Å². The van der Waals surface area contributed by atoms with E-state index < -0.39 is 11.5 Å². The standard InChI is InChI=1S/C17H26ClNO3/c1-12(2)10-22-11-15(20)9-19-16(21)17(3,4)13-6-5-7-14(18)8-13/h5-8,12,15,20H,9-11H2,1-4H3,(H,19,21). The third-order valence-electron chi connectivity index (χ3n) is 3.37. The molecule has 1 rings (SSSR count). The van der Waals surface area contributed by atoms with E-state index in [0.717, 1.165) is 5.56 Å². The Morgan fingerprint density at radius 1 is 1.36 bits per heavy atom. The fourth-order valence-electron chi connectivity index (χ4n) is 1.94. The van der Waals surface area contributed by atoms with E-state index in [1.54, 1.807) is 12.1 Å². The minimum atomic E-state index is -0.719. The molecule has 0 heterocycles. The van der Waals surface area contributed by atoms with Gasteiger partial charge in [0.1, 0.15) is 0 Å². The molecule has 124 valence electrons. The van der Waals surface area contributed by atoms with Crippen molar-refractivity contribution < 1.29 is 14.6 Å². The van der Waals surface area contributed by atoms with E-state index in [4.69, 9.17) is 16.3 Å². The lowest BCUT2D eigenvalue weighted by atomic mass is 9.83. The Kier molecular flexibility index (Phi) is 7.33. The maximum Gasteiger partial charge on any atom is 0.230 e. The van der Waals surface area contributed by atoms with Crippen molar-refractivity contribution >= 4 is 17.5 Å². The summed E-state index contributed by atoms with van der Waals surface area (Å²) < 4.78 is 5.36. The summed E-state index contributed by atoms with van der Waals surface area (Å²) in [6.07, 6.45) is -0.710. The first-order valence-electron chi connectivity index (χ1n) is 7.53. The molecule has 0 aliphatic rings. The first-order chi connectivity index (χ1) is 10.2. The summed E-state index contributed by atoms with van der Waals surface area (Å²) >= 11 is 5.98. The van der Waals surface area contributed by atoms with Gasteiger partial charge in [-0.15, -0.1) is 0 Å². The topological polar surface area (TPSA) is 58.6 Å². The summed E-state index contributed by atoms with van der Waals surface area (Å²) in [7, 11) is 0. The van der Waals surface area contributed by atoms with Crippen LogP contribution < -0.4 is 5.32 Å². The number of hydrogen-bond donors (Lipinski definition) is 2. The molecule has 0 aromatic heterocycles. The van der Waals surface area contributed by atoms with Gasteiger partial charge in [0, 0.05) is 18.2 Å². The summed E-state index contributed by atoms with van der Waals surface area (Å²) in [4.78, 5) is 12.4. The van der Waals surface area contributed by atoms with Crippen molar-refractivity contribution in [3.8, 4) is 0 Å². The quantitative estimate of drug-likeness (QED) is 0.772. The summed E-state index contributed by atoms with van der Waals surface area (Å²) in [6.45, 7) is 8.73. The Bertz CT molecular complexity index is 489. The van der Waals surface area contributed by atoms with Crippen LogP contribution in [-0.4, -0.2) is 36.9 Å². The van der Waals surface area contributed by atoms with E-state index in [9.17, 15) is 9.90 Å². The molecule has 0 bridgehead atoms. The van der Waals surface area contributed by atoms with Gasteiger partial charge in [0.25, 0.3) is 0 Å². The number of halogens is 1. The lowest BCUT2D eigenvalue weighted by Gasteiger charge is -2.25. The highest BCUT2D eigenvalue weighted by atomic mass is 35.5. The maximum absolute atomic E-state index is 12.4. The van der Waals surface area contributed by atoms with Gasteiger partial charge in [0.05, 0.1) is 18.1 Å². The van der Waals surface area contributed by atoms with Gasteiger partial charge < -0.3 is 15.2 Å². The molecule has 2 N–H and O–H groups in total. The van der Waals surface area contributed by atoms with Gasteiger partial charge in [-0.05, 0) is 37.5 Å². The fourth-order valence-corrected chi connectivity index (χ4v) is 2.13. The van der Waals surface area contributed by atoms with Crippen molar-refractivity contribution in [1.29, 1.82) is 0 Å². The van der Waals surface area contributed by atoms with E-state index >= 15 is 0 Å². The third-order valence-corrected chi connectivity index (χ3v) is 3.61. The van der Waals surface area contributed by atoms with Crippen LogP contribution in [0, 0.1) is 5.92 Å². The molecule has 5 heteroatoms. The van der Waals surface area contributed by atoms with Crippen molar-refractivity contribution in [2.45, 2.75) is 39.2 Å². The number of ether oxygens (including phenoxy) is 1. The summed E-state index contributed by atoms with van der Waals surface area (Å²) in [5.41, 5.74) is 0.117. The number of nitrogens with one attached hydrogen (secondary N) is 1. The molecule has 1 aromatic carbocycles. The lowest BCUT2D eigenvalue weighted by molar-refractivity contribution is -0.126. The number of carbonyl (C=O) groups excluding carboxylic acids is 1. The first kappa shape index (κ1) is 18.9. The largest absolute Gasteiger partial charge is 0.389 e. The Labute approximate surface area is 137 Å². The highest BCUT2D eigenvalue weighted by Crippen LogP contribution is 2.25. The Morgan fingerprint density at radius 2 is 2.05 bits per heavy atom. The molecule has 0 saturated carbocycles. The number of aliphatic hydroxyl groups excluding tert-OH is 1. The van der Waals surface area contributed by atoms with Crippen LogP contribution in [-0.2, 0) is 14.9 Å². The Morgan fingerprint density at radius 3 is 2.64 bits per heavy atom. The Hall–Kier alpha value is -1.10. The number of amides is 1. The summed E-state index contributed by atoms with van der Waals surface area (Å²) in [5.74, 6) is 0.265. The van der Waals surface area contributed by atoms with Gasteiger partial charge in [0.15, 0.2) is 0 Å². The number of hydrogen-bond acceptors (Lipinski definition) is 3. The van der Waals surface area contributed by atoms with Crippen LogP contribution in [0.3, 0.4) is 0 Å². The van der Waals surface area contributed by atoms with Gasteiger partial charge in [-0.25, -0.2) is 0 Å². The molecule has 0 saturated heterocycles. The van der Waals surface area contributed by atoms with Gasteiger partial charge in [-0.1, -0.05) is 37.6 Å². The van der Waals surface area contributed by atoms with Crippen molar-refractivity contribution in [3.05, 3.63) is 34.9 Å². The monoisotopic (exact) mass is 327 g/mol. The molecule has 4 nitrogen and oxygen atoms in total. The molecule has 0 aliphatic carbocycles. The predicted molar refractivity (Wildman–Crippen MR) is 89.2 cm³/mol. The summed E-state index contributed by atoms with van der Waals surface area (Å²) in [6, 6.07) is 7.24. The molecule has 1 aromatic rings. The summed E-state index contributed by atoms with van der Waals surface area (Å²) in [5, 5.41) is 13.2. The Balaban J connectivity index is 2.50. The van der Waals surface area contributed by atoms with E-state index in [1.807, 2.05) is 39.8 Å². The fraction of sp³-hybridized carbons (Fsp3) is 0.588. The van der Waals surface area contributed by atoms with Gasteiger partial charge in [-0.2, -0.15) is 0 Å². The van der Waals surface area contributed by atoms with Crippen LogP contribution in [0.2, 0.25) is 5.02 Å². The highest BCUT2D eigenvalue weighted by Gasteiger charge is 2.30. The van der Waals surface area contributed by atoms with Crippen molar-refractivity contribution in [2.24, 2.45) is 5.92 Å². The second-order valence-corrected chi connectivity index (χ2v) is 6.87. The van der Waals surface area contributed by atoms with Crippen molar-refractivity contribution in [3.63, 3.8) is 0 Å². The van der Waals surface area contributed by atoms with Crippen molar-refractivity contribution in [1.82, 2.24) is 5.32 Å². The van der Waals surface area contributed by atoms with E-state index in [2.05, 4.69) is 5.32 Å². The number of rotatable bonds is 8. The van der Waals surface area contributed by atoms with Crippen LogP contribution in [0.1, 0.15) is 33.3 Å². The molecule has 0 fully saturated rings. The predicted octanol–water partition coefficient (Wildman–Crippen LogP) is 2.77. The zero-order valence-electron chi connectivity index (χ0n) is 13.7. The van der Waals surface area contributed by atoms with E-state index in [-0.39, 0.29) is 19.1 Å². The third kappa shape index (κ3) is 5.95. The van der Waals surface area contributed by atoms with Gasteiger partial charge >= 0.3 is 0 Å². The average molecular weight is 328 g/mol. The van der Waals surface area contributed by atoms with Crippen LogP contribution in [0.15, 0.2) is 24.3 Å². The number of carbonyl (C=O) groups is 1. The SMILES string of the molecule is CC(C)COCC(O)CNC(=O)C(C)(C)c1cccc(Cl)c1. The lowest BCUT2D eigenvalue weighted by Crippen LogP contribution is -2.44.